The largest absolute Gasteiger partial charge is 0.389 e. The molecule has 1 saturated carbocycles. The van der Waals surface area contributed by atoms with Gasteiger partial charge in [0, 0.05) is 17.8 Å². The van der Waals surface area contributed by atoms with Gasteiger partial charge in [-0.15, -0.1) is 0 Å². The average Bonchev–Trinajstić information content (AvgIpc) is 2.34. The molecule has 1 amide bonds. The Morgan fingerprint density at radius 2 is 2.05 bits per heavy atom. The van der Waals surface area contributed by atoms with Gasteiger partial charge >= 0.3 is 0 Å². The van der Waals surface area contributed by atoms with Gasteiger partial charge in [-0.05, 0) is 50.1 Å². The number of nitrogens with zero attached hydrogens (tertiary/aromatic N) is 1. The minimum atomic E-state index is 0.00917. The molecule has 0 radical (unpaired) electrons. The third-order valence-corrected chi connectivity index (χ3v) is 3.90. The molecule has 20 heavy (non-hydrogen) atoms. The molecule has 5 heteroatoms. The van der Waals surface area contributed by atoms with E-state index in [1.165, 1.54) is 19.3 Å². The van der Waals surface area contributed by atoms with Crippen LogP contribution in [0.3, 0.4) is 0 Å². The summed E-state index contributed by atoms with van der Waals surface area (Å²) in [5, 5.41) is 2.88. The lowest BCUT2D eigenvalue weighted by atomic mass is 9.85. The number of thiocarbonyl (C=S) groups is 1. The van der Waals surface area contributed by atoms with Crippen LogP contribution in [0.5, 0.6) is 0 Å². The fraction of sp³-hybridized carbons (Fsp3) is 0.467. The Kier molecular flexibility index (Phi) is 5.09. The van der Waals surface area contributed by atoms with Crippen molar-refractivity contribution < 1.29 is 4.79 Å². The van der Waals surface area contributed by atoms with Crippen LogP contribution in [0.15, 0.2) is 24.3 Å². The minimum Gasteiger partial charge on any atom is -0.389 e. The zero-order chi connectivity index (χ0) is 14.5. The zero-order valence-corrected chi connectivity index (χ0v) is 12.6. The van der Waals surface area contributed by atoms with E-state index >= 15 is 0 Å². The first-order valence-electron chi connectivity index (χ1n) is 6.93. The van der Waals surface area contributed by atoms with E-state index in [0.717, 1.165) is 23.7 Å². The Morgan fingerprint density at radius 1 is 1.40 bits per heavy atom. The summed E-state index contributed by atoms with van der Waals surface area (Å²) in [6.45, 7) is 1.43. The lowest BCUT2D eigenvalue weighted by Gasteiger charge is -2.29. The molecule has 0 aliphatic heterocycles. The smallest absolute Gasteiger partial charge is 0.238 e. The first-order valence-corrected chi connectivity index (χ1v) is 7.33. The van der Waals surface area contributed by atoms with E-state index < -0.39 is 0 Å². The first kappa shape index (κ1) is 14.9. The van der Waals surface area contributed by atoms with E-state index in [2.05, 4.69) is 10.2 Å². The summed E-state index contributed by atoms with van der Waals surface area (Å²) in [6.07, 6.45) is 3.93. The fourth-order valence-electron chi connectivity index (χ4n) is 2.34. The lowest BCUT2D eigenvalue weighted by molar-refractivity contribution is -0.117. The summed E-state index contributed by atoms with van der Waals surface area (Å²) in [4.78, 5) is 14.4. The molecular formula is C15H21N3OS. The molecule has 0 spiro atoms. The number of benzene rings is 1. The molecule has 3 N–H and O–H groups in total. The molecule has 1 aromatic rings. The van der Waals surface area contributed by atoms with Crippen LogP contribution in [0, 0.1) is 5.92 Å². The third-order valence-electron chi connectivity index (χ3n) is 3.66. The quantitative estimate of drug-likeness (QED) is 0.787. The van der Waals surface area contributed by atoms with Gasteiger partial charge in [0.25, 0.3) is 0 Å². The Labute approximate surface area is 125 Å². The highest BCUT2D eigenvalue weighted by atomic mass is 32.1. The van der Waals surface area contributed by atoms with Crippen LogP contribution in [-0.2, 0) is 4.79 Å². The second-order valence-corrected chi connectivity index (χ2v) is 5.92. The van der Waals surface area contributed by atoms with Crippen LogP contribution in [0.25, 0.3) is 0 Å². The summed E-state index contributed by atoms with van der Waals surface area (Å²) in [5.74, 6) is 0.785. The monoisotopic (exact) mass is 291 g/mol. The maximum atomic E-state index is 11.9. The van der Waals surface area contributed by atoms with Crippen LogP contribution in [-0.4, -0.2) is 35.9 Å². The molecule has 0 atom stereocenters. The molecule has 0 unspecified atom stereocenters. The number of nitrogens with two attached hydrogens (primary N) is 1. The summed E-state index contributed by atoms with van der Waals surface area (Å²) >= 11 is 4.89. The maximum absolute atomic E-state index is 11.9. The Bertz CT molecular complexity index is 482. The zero-order valence-electron chi connectivity index (χ0n) is 11.8. The van der Waals surface area contributed by atoms with Crippen molar-refractivity contribution in [1.82, 2.24) is 4.90 Å². The van der Waals surface area contributed by atoms with Crippen molar-refractivity contribution in [2.75, 3.05) is 25.5 Å². The number of hydrogen-bond donors (Lipinski definition) is 2. The predicted octanol–water partition coefficient (Wildman–Crippen LogP) is 1.99. The molecule has 4 nitrogen and oxygen atoms in total. The number of amides is 1. The van der Waals surface area contributed by atoms with Crippen molar-refractivity contribution >= 4 is 28.8 Å². The van der Waals surface area contributed by atoms with Crippen molar-refractivity contribution in [3.8, 4) is 0 Å². The van der Waals surface area contributed by atoms with Crippen LogP contribution in [0.2, 0.25) is 0 Å². The minimum absolute atomic E-state index is 0.00917. The summed E-state index contributed by atoms with van der Waals surface area (Å²) in [6, 6.07) is 7.27. The molecule has 0 aromatic heterocycles. The van der Waals surface area contributed by atoms with Gasteiger partial charge < -0.3 is 11.1 Å². The van der Waals surface area contributed by atoms with Crippen molar-refractivity contribution in [2.24, 2.45) is 11.7 Å². The number of likely N-dealkylation sites (N-methyl/N-ethyl adjacent to an activating group) is 1. The van der Waals surface area contributed by atoms with Gasteiger partial charge in [0.15, 0.2) is 0 Å². The molecule has 1 aliphatic carbocycles. The van der Waals surface area contributed by atoms with Crippen LogP contribution < -0.4 is 11.1 Å². The van der Waals surface area contributed by atoms with E-state index in [1.807, 2.05) is 31.3 Å². The van der Waals surface area contributed by atoms with Gasteiger partial charge in [0.1, 0.15) is 4.99 Å². The van der Waals surface area contributed by atoms with Crippen molar-refractivity contribution in [3.63, 3.8) is 0 Å². The molecule has 1 aromatic carbocycles. The highest BCUT2D eigenvalue weighted by Crippen LogP contribution is 2.26. The lowest BCUT2D eigenvalue weighted by Crippen LogP contribution is -2.35. The summed E-state index contributed by atoms with van der Waals surface area (Å²) < 4.78 is 0. The highest BCUT2D eigenvalue weighted by Gasteiger charge is 2.19. The summed E-state index contributed by atoms with van der Waals surface area (Å²) in [7, 11) is 1.99. The van der Waals surface area contributed by atoms with E-state index in [0.29, 0.717) is 11.5 Å². The molecule has 1 aliphatic rings. The van der Waals surface area contributed by atoms with E-state index in [-0.39, 0.29) is 5.91 Å². The SMILES string of the molecule is CN(CC(=O)Nc1ccc(C(N)=S)cc1)CC1CCC1. The van der Waals surface area contributed by atoms with E-state index in [1.54, 1.807) is 0 Å². The average molecular weight is 291 g/mol. The molecular weight excluding hydrogens is 270 g/mol. The second-order valence-electron chi connectivity index (χ2n) is 5.48. The standard InChI is InChI=1S/C15H21N3OS/c1-18(9-11-3-2-4-11)10-14(19)17-13-7-5-12(6-8-13)15(16)20/h5-8,11H,2-4,9-10H2,1H3,(H2,16,20)(H,17,19). The number of nitrogens with one attached hydrogen (secondary N) is 1. The Balaban J connectivity index is 1.79. The van der Waals surface area contributed by atoms with Crippen LogP contribution >= 0.6 is 12.2 Å². The summed E-state index contributed by atoms with van der Waals surface area (Å²) in [5.41, 5.74) is 7.11. The Morgan fingerprint density at radius 3 is 2.55 bits per heavy atom. The molecule has 0 bridgehead atoms. The number of hydrogen-bond acceptors (Lipinski definition) is 3. The molecule has 0 heterocycles. The molecule has 2 rings (SSSR count). The van der Waals surface area contributed by atoms with Gasteiger partial charge in [-0.2, -0.15) is 0 Å². The van der Waals surface area contributed by atoms with Gasteiger partial charge in [0.05, 0.1) is 6.54 Å². The number of carbonyl (C=O) groups excluding carboxylic acids is 1. The number of anilines is 1. The first-order chi connectivity index (χ1) is 9.54. The highest BCUT2D eigenvalue weighted by molar-refractivity contribution is 7.80. The van der Waals surface area contributed by atoms with Crippen molar-refractivity contribution in [2.45, 2.75) is 19.3 Å². The third kappa shape index (κ3) is 4.28. The van der Waals surface area contributed by atoms with Crippen LogP contribution in [0.4, 0.5) is 5.69 Å². The molecule has 108 valence electrons. The van der Waals surface area contributed by atoms with Crippen molar-refractivity contribution in [1.29, 1.82) is 0 Å². The van der Waals surface area contributed by atoms with Crippen molar-refractivity contribution in [3.05, 3.63) is 29.8 Å². The second kappa shape index (κ2) is 6.81. The van der Waals surface area contributed by atoms with E-state index in [4.69, 9.17) is 18.0 Å². The fourth-order valence-corrected chi connectivity index (χ4v) is 2.48. The number of rotatable bonds is 6. The number of carbonyl (C=O) groups is 1. The maximum Gasteiger partial charge on any atom is 0.238 e. The Hall–Kier alpha value is -1.46. The van der Waals surface area contributed by atoms with Gasteiger partial charge in [-0.3, -0.25) is 9.69 Å². The van der Waals surface area contributed by atoms with Gasteiger partial charge in [-0.1, -0.05) is 18.6 Å². The van der Waals surface area contributed by atoms with Crippen LogP contribution in [0.1, 0.15) is 24.8 Å². The van der Waals surface area contributed by atoms with Gasteiger partial charge in [-0.25, -0.2) is 0 Å². The topological polar surface area (TPSA) is 58.4 Å². The van der Waals surface area contributed by atoms with Gasteiger partial charge in [0.2, 0.25) is 5.91 Å². The molecule has 1 fully saturated rings. The predicted molar refractivity (Wildman–Crippen MR) is 85.8 cm³/mol. The normalized spacial score (nSPS) is 14.9. The molecule has 0 saturated heterocycles. The van der Waals surface area contributed by atoms with E-state index in [9.17, 15) is 4.79 Å².